The van der Waals surface area contributed by atoms with Crippen LogP contribution in [-0.2, 0) is 0 Å². The molecule has 0 aliphatic rings. The fourth-order valence-electron chi connectivity index (χ4n) is 0.623. The number of benzene rings is 1. The molecule has 0 spiro atoms. The second kappa shape index (κ2) is 4.43. The van der Waals surface area contributed by atoms with Crippen LogP contribution in [0.15, 0.2) is 41.6 Å². The van der Waals surface area contributed by atoms with Gasteiger partial charge in [0.25, 0.3) is 0 Å². The molecule has 1 aromatic rings. The van der Waals surface area contributed by atoms with Crippen molar-refractivity contribution in [1.82, 2.24) is 0 Å². The molecular weight excluding hydrogens is 223 g/mol. The molecule has 11 heavy (non-hydrogen) atoms. The maximum atomic E-state index is 5.71. The van der Waals surface area contributed by atoms with Crippen LogP contribution in [0.1, 0.15) is 0 Å². The van der Waals surface area contributed by atoms with Crippen molar-refractivity contribution in [3.05, 3.63) is 46.6 Å². The maximum absolute atomic E-state index is 5.71. The van der Waals surface area contributed by atoms with E-state index in [1.807, 2.05) is 29.2 Å². The molecule has 0 radical (unpaired) electrons. The molecule has 0 aliphatic carbocycles. The Kier molecular flexibility index (Phi) is 3.48. The molecule has 56 valence electrons. The van der Waals surface area contributed by atoms with E-state index in [0.29, 0.717) is 15.0 Å². The van der Waals surface area contributed by atoms with Gasteiger partial charge in [-0.15, -0.1) is 0 Å². The van der Waals surface area contributed by atoms with Gasteiger partial charge in [0.1, 0.15) is 0 Å². The number of rotatable bonds is 2. The molecular formula is C9H7ClSe. The van der Waals surface area contributed by atoms with Crippen LogP contribution in [0.2, 0.25) is 5.02 Å². The predicted molar refractivity (Wildman–Crippen MR) is 50.6 cm³/mol. The number of halogens is 1. The van der Waals surface area contributed by atoms with E-state index in [1.165, 1.54) is 4.46 Å². The first kappa shape index (κ1) is 8.64. The Morgan fingerprint density at radius 3 is 2.55 bits per heavy atom. The first-order valence-corrected chi connectivity index (χ1v) is 5.32. The Morgan fingerprint density at radius 2 is 2.00 bits per heavy atom. The van der Waals surface area contributed by atoms with Gasteiger partial charge in [0, 0.05) is 0 Å². The molecule has 0 heterocycles. The van der Waals surface area contributed by atoms with Crippen molar-refractivity contribution in [3.8, 4) is 0 Å². The van der Waals surface area contributed by atoms with E-state index in [9.17, 15) is 0 Å². The van der Waals surface area contributed by atoms with Crippen molar-refractivity contribution in [2.24, 2.45) is 0 Å². The third-order valence-electron chi connectivity index (χ3n) is 1.09. The van der Waals surface area contributed by atoms with Crippen molar-refractivity contribution in [1.29, 1.82) is 0 Å². The van der Waals surface area contributed by atoms with E-state index in [0.717, 1.165) is 5.02 Å². The second-order valence-corrected chi connectivity index (χ2v) is 4.31. The van der Waals surface area contributed by atoms with E-state index < -0.39 is 0 Å². The standard InChI is InChI=1S/C9H7ClSe/c1-2-7-11-9-5-3-8(10)4-6-9/h3-7H,1H2. The van der Waals surface area contributed by atoms with Gasteiger partial charge in [0.15, 0.2) is 0 Å². The molecule has 1 aromatic carbocycles. The summed E-state index contributed by atoms with van der Waals surface area (Å²) in [6.45, 7) is 3.50. The average Bonchev–Trinajstić information content (AvgIpc) is 2.04. The van der Waals surface area contributed by atoms with Crippen molar-refractivity contribution in [2.75, 3.05) is 0 Å². The van der Waals surface area contributed by atoms with Crippen LogP contribution < -0.4 is 4.46 Å². The normalized spacial score (nSPS) is 8.82. The molecule has 0 nitrogen and oxygen atoms in total. The molecule has 0 aliphatic heterocycles. The summed E-state index contributed by atoms with van der Waals surface area (Å²) in [4.78, 5) is 1.95. The first-order valence-electron chi connectivity index (χ1n) is 3.09. The summed E-state index contributed by atoms with van der Waals surface area (Å²) in [5.74, 6) is 0. The summed E-state index contributed by atoms with van der Waals surface area (Å²) in [7, 11) is 0. The zero-order chi connectivity index (χ0) is 8.10. The molecule has 0 bridgehead atoms. The topological polar surface area (TPSA) is 0 Å². The Morgan fingerprint density at radius 1 is 1.36 bits per heavy atom. The molecule has 2 heteroatoms. The SMILES string of the molecule is C=C=C[Se]c1ccc(Cl)cc1. The fourth-order valence-corrected chi connectivity index (χ4v) is 1.82. The summed E-state index contributed by atoms with van der Waals surface area (Å²) in [5, 5.41) is 0.784. The molecule has 0 aromatic heterocycles. The van der Waals surface area contributed by atoms with E-state index in [-0.39, 0.29) is 0 Å². The average molecular weight is 230 g/mol. The van der Waals surface area contributed by atoms with Crippen LogP contribution in [-0.4, -0.2) is 15.0 Å². The molecule has 0 atom stereocenters. The Labute approximate surface area is 77.7 Å². The summed E-state index contributed by atoms with van der Waals surface area (Å²) in [6, 6.07) is 7.84. The second-order valence-electron chi connectivity index (χ2n) is 1.89. The molecule has 0 fully saturated rings. The van der Waals surface area contributed by atoms with Gasteiger partial charge < -0.3 is 0 Å². The van der Waals surface area contributed by atoms with Crippen molar-refractivity contribution in [2.45, 2.75) is 0 Å². The monoisotopic (exact) mass is 230 g/mol. The van der Waals surface area contributed by atoms with E-state index in [4.69, 9.17) is 11.6 Å². The van der Waals surface area contributed by atoms with Gasteiger partial charge in [-0.3, -0.25) is 0 Å². The molecule has 1 rings (SSSR count). The van der Waals surface area contributed by atoms with Crippen LogP contribution in [0.4, 0.5) is 0 Å². The quantitative estimate of drug-likeness (QED) is 0.537. The molecule has 0 unspecified atom stereocenters. The minimum absolute atomic E-state index is 0.354. The van der Waals surface area contributed by atoms with Gasteiger partial charge in [0.2, 0.25) is 0 Å². The van der Waals surface area contributed by atoms with Gasteiger partial charge >= 0.3 is 77.6 Å². The summed E-state index contributed by atoms with van der Waals surface area (Å²) in [5.41, 5.74) is 2.75. The molecule has 0 saturated carbocycles. The summed E-state index contributed by atoms with van der Waals surface area (Å²) < 4.78 is 1.29. The first-order chi connectivity index (χ1) is 5.33. The van der Waals surface area contributed by atoms with Crippen molar-refractivity contribution in [3.63, 3.8) is 0 Å². The van der Waals surface area contributed by atoms with Crippen LogP contribution in [0, 0.1) is 0 Å². The van der Waals surface area contributed by atoms with Crippen LogP contribution in [0.5, 0.6) is 0 Å². The third-order valence-corrected chi connectivity index (χ3v) is 3.08. The zero-order valence-electron chi connectivity index (χ0n) is 5.88. The molecule has 0 amide bonds. The van der Waals surface area contributed by atoms with Gasteiger partial charge in [-0.25, -0.2) is 0 Å². The van der Waals surface area contributed by atoms with Crippen LogP contribution in [0.25, 0.3) is 0 Å². The van der Waals surface area contributed by atoms with Gasteiger partial charge in [-0.1, -0.05) is 0 Å². The van der Waals surface area contributed by atoms with Gasteiger partial charge in [-0.2, -0.15) is 0 Å². The molecule has 0 N–H and O–H groups in total. The van der Waals surface area contributed by atoms with E-state index >= 15 is 0 Å². The van der Waals surface area contributed by atoms with Crippen LogP contribution in [0.3, 0.4) is 0 Å². The van der Waals surface area contributed by atoms with E-state index in [2.05, 4.69) is 12.3 Å². The van der Waals surface area contributed by atoms with Crippen LogP contribution >= 0.6 is 11.6 Å². The number of hydrogen-bond acceptors (Lipinski definition) is 0. The van der Waals surface area contributed by atoms with Gasteiger partial charge in [-0.05, 0) is 0 Å². The number of hydrogen-bond donors (Lipinski definition) is 0. The Balaban J connectivity index is 2.73. The predicted octanol–water partition coefficient (Wildman–Crippen LogP) is 1.97. The van der Waals surface area contributed by atoms with E-state index in [1.54, 1.807) is 0 Å². The zero-order valence-corrected chi connectivity index (χ0v) is 8.35. The fraction of sp³-hybridized carbons (Fsp3) is 0. The van der Waals surface area contributed by atoms with Crippen molar-refractivity contribution >= 4 is 31.0 Å². The van der Waals surface area contributed by atoms with Crippen molar-refractivity contribution < 1.29 is 0 Å². The summed E-state index contributed by atoms with van der Waals surface area (Å²) in [6.07, 6.45) is 0. The van der Waals surface area contributed by atoms with Gasteiger partial charge in [0.05, 0.1) is 0 Å². The Hall–Kier alpha value is -0.451. The minimum atomic E-state index is 0.354. The summed E-state index contributed by atoms with van der Waals surface area (Å²) >= 11 is 6.07. The Bertz CT molecular complexity index is 270. The molecule has 0 saturated heterocycles. The third kappa shape index (κ3) is 2.96.